The first kappa shape index (κ1) is 12.4. The molecule has 2 rings (SSSR count). The molecule has 1 aromatic rings. The lowest BCUT2D eigenvalue weighted by Gasteiger charge is -2.17. The van der Waals surface area contributed by atoms with Gasteiger partial charge in [0.2, 0.25) is 0 Å². The van der Waals surface area contributed by atoms with E-state index in [0.29, 0.717) is 0 Å². The van der Waals surface area contributed by atoms with Crippen LogP contribution in [0.2, 0.25) is 0 Å². The van der Waals surface area contributed by atoms with Crippen LogP contribution < -0.4 is 0 Å². The second kappa shape index (κ2) is 5.05. The summed E-state index contributed by atoms with van der Waals surface area (Å²) in [7, 11) is 0. The number of allylic oxidation sites excluding steroid dienone is 2. The fraction of sp³-hybridized carbons (Fsp3) is 0.400. The molecule has 1 aliphatic rings. The van der Waals surface area contributed by atoms with Crippen LogP contribution in [0.4, 0.5) is 0 Å². The van der Waals surface area contributed by atoms with E-state index in [2.05, 4.69) is 19.1 Å². The number of rotatable bonds is 3. The Morgan fingerprint density at radius 3 is 2.29 bits per heavy atom. The average molecular weight is 249 g/mol. The molecule has 0 aromatic heterocycles. The Bertz CT molecular complexity index is 447. The number of ketones is 1. The molecule has 2 atom stereocenters. The predicted octanol–water partition coefficient (Wildman–Crippen LogP) is 4.08. The second-order valence-corrected chi connectivity index (χ2v) is 4.84. The molecule has 1 aliphatic carbocycles. The van der Waals surface area contributed by atoms with Crippen molar-refractivity contribution in [1.82, 2.24) is 0 Å². The van der Waals surface area contributed by atoms with Crippen LogP contribution in [-0.2, 0) is 4.79 Å². The Hall–Kier alpha value is -1.08. The number of hydrogen-bond acceptors (Lipinski definition) is 1. The van der Waals surface area contributed by atoms with E-state index in [4.69, 9.17) is 11.6 Å². The SMILES string of the molecule is CCC1=C(CC)[C@@H](c2ccccc2)[C@@H](Cl)C1=O. The smallest absolute Gasteiger partial charge is 0.177 e. The standard InChI is InChI=1S/C15H17ClO/c1-3-11-12(4-2)15(17)14(16)13(11)10-8-6-5-7-9-10/h5-9,13-14H,3-4H2,1-2H3/t13-,14-/m1/s1. The van der Waals surface area contributed by atoms with Crippen LogP contribution in [0.15, 0.2) is 41.5 Å². The van der Waals surface area contributed by atoms with Gasteiger partial charge in [-0.25, -0.2) is 0 Å². The molecule has 1 nitrogen and oxygen atoms in total. The molecule has 0 amide bonds. The van der Waals surface area contributed by atoms with Gasteiger partial charge in [-0.1, -0.05) is 49.8 Å². The zero-order valence-electron chi connectivity index (χ0n) is 10.2. The molecule has 0 spiro atoms. The molecule has 0 aliphatic heterocycles. The number of benzene rings is 1. The maximum atomic E-state index is 12.1. The third-order valence-electron chi connectivity index (χ3n) is 3.50. The van der Waals surface area contributed by atoms with E-state index in [-0.39, 0.29) is 11.7 Å². The summed E-state index contributed by atoms with van der Waals surface area (Å²) in [6.45, 7) is 4.13. The summed E-state index contributed by atoms with van der Waals surface area (Å²) in [6, 6.07) is 10.1. The highest BCUT2D eigenvalue weighted by atomic mass is 35.5. The second-order valence-electron chi connectivity index (χ2n) is 4.37. The lowest BCUT2D eigenvalue weighted by Crippen LogP contribution is -2.16. The van der Waals surface area contributed by atoms with Crippen molar-refractivity contribution in [3.05, 3.63) is 47.0 Å². The first-order valence-electron chi connectivity index (χ1n) is 6.15. The molecule has 17 heavy (non-hydrogen) atoms. The van der Waals surface area contributed by atoms with Crippen molar-refractivity contribution in [3.8, 4) is 0 Å². The van der Waals surface area contributed by atoms with Crippen LogP contribution in [0.5, 0.6) is 0 Å². The van der Waals surface area contributed by atoms with Crippen LogP contribution in [0, 0.1) is 0 Å². The molecule has 0 saturated heterocycles. The van der Waals surface area contributed by atoms with E-state index in [9.17, 15) is 4.79 Å². The zero-order chi connectivity index (χ0) is 12.4. The lowest BCUT2D eigenvalue weighted by molar-refractivity contribution is -0.114. The first-order valence-corrected chi connectivity index (χ1v) is 6.59. The number of hydrogen-bond donors (Lipinski definition) is 0. The number of Topliss-reactive ketones (excluding diaryl/α,β-unsaturated/α-hetero) is 1. The van der Waals surface area contributed by atoms with Crippen molar-refractivity contribution in [2.45, 2.75) is 38.0 Å². The minimum atomic E-state index is -0.415. The van der Waals surface area contributed by atoms with Crippen molar-refractivity contribution >= 4 is 17.4 Å². The van der Waals surface area contributed by atoms with Crippen LogP contribution in [0.3, 0.4) is 0 Å². The highest BCUT2D eigenvalue weighted by Gasteiger charge is 2.39. The molecule has 0 fully saturated rings. The largest absolute Gasteiger partial charge is 0.293 e. The Kier molecular flexibility index (Phi) is 3.68. The van der Waals surface area contributed by atoms with Crippen molar-refractivity contribution in [2.75, 3.05) is 0 Å². The van der Waals surface area contributed by atoms with E-state index in [1.54, 1.807) is 0 Å². The molecule has 0 heterocycles. The van der Waals surface area contributed by atoms with Gasteiger partial charge in [0, 0.05) is 5.92 Å². The molecule has 0 radical (unpaired) electrons. The number of carbonyl (C=O) groups excluding carboxylic acids is 1. The highest BCUT2D eigenvalue weighted by molar-refractivity contribution is 6.36. The Balaban J connectivity index is 2.47. The van der Waals surface area contributed by atoms with Gasteiger partial charge in [-0.3, -0.25) is 4.79 Å². The summed E-state index contributed by atoms with van der Waals surface area (Å²) in [5.74, 6) is 0.199. The number of alkyl halides is 1. The van der Waals surface area contributed by atoms with Crippen molar-refractivity contribution in [3.63, 3.8) is 0 Å². The summed E-state index contributed by atoms with van der Waals surface area (Å²) in [5, 5.41) is -0.415. The molecule has 0 N–H and O–H groups in total. The molecule has 0 bridgehead atoms. The van der Waals surface area contributed by atoms with E-state index >= 15 is 0 Å². The van der Waals surface area contributed by atoms with E-state index in [1.165, 1.54) is 5.57 Å². The highest BCUT2D eigenvalue weighted by Crippen LogP contribution is 2.42. The lowest BCUT2D eigenvalue weighted by atomic mass is 9.90. The van der Waals surface area contributed by atoms with E-state index in [0.717, 1.165) is 24.0 Å². The molecule has 2 heteroatoms. The maximum Gasteiger partial charge on any atom is 0.177 e. The number of halogens is 1. The molecular formula is C15H17ClO. The maximum absolute atomic E-state index is 12.1. The van der Waals surface area contributed by atoms with Crippen molar-refractivity contribution < 1.29 is 4.79 Å². The zero-order valence-corrected chi connectivity index (χ0v) is 11.0. The summed E-state index contributed by atoms with van der Waals surface area (Å²) in [5.41, 5.74) is 3.33. The van der Waals surface area contributed by atoms with Gasteiger partial charge in [-0.15, -0.1) is 11.6 Å². The molecular weight excluding hydrogens is 232 g/mol. The van der Waals surface area contributed by atoms with E-state index in [1.807, 2.05) is 25.1 Å². The van der Waals surface area contributed by atoms with Crippen LogP contribution in [-0.4, -0.2) is 11.2 Å². The van der Waals surface area contributed by atoms with Gasteiger partial charge in [0.1, 0.15) is 5.38 Å². The molecule has 90 valence electrons. The minimum Gasteiger partial charge on any atom is -0.293 e. The molecule has 0 unspecified atom stereocenters. The van der Waals surface area contributed by atoms with Gasteiger partial charge in [0.15, 0.2) is 5.78 Å². The van der Waals surface area contributed by atoms with Gasteiger partial charge in [0.25, 0.3) is 0 Å². The summed E-state index contributed by atoms with van der Waals surface area (Å²) < 4.78 is 0. The van der Waals surface area contributed by atoms with Gasteiger partial charge >= 0.3 is 0 Å². The Morgan fingerprint density at radius 2 is 1.76 bits per heavy atom. The van der Waals surface area contributed by atoms with Gasteiger partial charge in [-0.2, -0.15) is 0 Å². The van der Waals surface area contributed by atoms with Gasteiger partial charge < -0.3 is 0 Å². The fourth-order valence-electron chi connectivity index (χ4n) is 2.71. The van der Waals surface area contributed by atoms with Crippen LogP contribution in [0.25, 0.3) is 0 Å². The normalized spacial score (nSPS) is 24.5. The topological polar surface area (TPSA) is 17.1 Å². The average Bonchev–Trinajstić information content (AvgIpc) is 2.62. The molecule has 1 aromatic carbocycles. The third-order valence-corrected chi connectivity index (χ3v) is 3.95. The van der Waals surface area contributed by atoms with Crippen molar-refractivity contribution in [2.24, 2.45) is 0 Å². The summed E-state index contributed by atoms with van der Waals surface area (Å²) in [4.78, 5) is 12.1. The Labute approximate surface area is 107 Å². The van der Waals surface area contributed by atoms with Crippen LogP contribution in [0.1, 0.15) is 38.2 Å². The monoisotopic (exact) mass is 248 g/mol. The van der Waals surface area contributed by atoms with Crippen LogP contribution >= 0.6 is 11.6 Å². The van der Waals surface area contributed by atoms with Gasteiger partial charge in [0.05, 0.1) is 0 Å². The summed E-state index contributed by atoms with van der Waals surface area (Å²) >= 11 is 6.32. The minimum absolute atomic E-state index is 0.0744. The van der Waals surface area contributed by atoms with E-state index < -0.39 is 5.38 Å². The summed E-state index contributed by atoms with van der Waals surface area (Å²) in [6.07, 6.45) is 1.69. The van der Waals surface area contributed by atoms with Gasteiger partial charge in [-0.05, 0) is 24.0 Å². The Morgan fingerprint density at radius 1 is 1.12 bits per heavy atom. The molecule has 0 saturated carbocycles. The predicted molar refractivity (Wildman–Crippen MR) is 71.4 cm³/mol. The number of carbonyl (C=O) groups is 1. The fourth-order valence-corrected chi connectivity index (χ4v) is 3.13. The first-order chi connectivity index (χ1) is 8.20. The quantitative estimate of drug-likeness (QED) is 0.737. The third kappa shape index (κ3) is 2.04. The van der Waals surface area contributed by atoms with Crippen molar-refractivity contribution in [1.29, 1.82) is 0 Å².